The first-order valence-corrected chi connectivity index (χ1v) is 3.98. The van der Waals surface area contributed by atoms with Gasteiger partial charge in [-0.2, -0.15) is 0 Å². The van der Waals surface area contributed by atoms with Gasteiger partial charge in [0, 0.05) is 19.0 Å². The Labute approximate surface area is 72.6 Å². The van der Waals surface area contributed by atoms with Crippen molar-refractivity contribution in [3.05, 3.63) is 0 Å². The molecule has 1 aliphatic heterocycles. The standard InChI is InChI=1S/C7H13BO4/c8-6-3-5(11)7(4-10,12-6)1-2-9/h5-6,9-11H,1-4H2/t5-,6+,7+/m0/s1. The molecule has 2 radical (unpaired) electrons. The van der Waals surface area contributed by atoms with Crippen molar-refractivity contribution in [3.63, 3.8) is 0 Å². The first-order valence-electron chi connectivity index (χ1n) is 3.98. The van der Waals surface area contributed by atoms with Gasteiger partial charge in [0.25, 0.3) is 0 Å². The second-order valence-electron chi connectivity index (χ2n) is 3.10. The smallest absolute Gasteiger partial charge is 0.118 e. The molecule has 0 amide bonds. The van der Waals surface area contributed by atoms with Crippen LogP contribution in [0, 0.1) is 0 Å². The monoisotopic (exact) mass is 172 g/mol. The van der Waals surface area contributed by atoms with E-state index in [9.17, 15) is 5.11 Å². The first-order chi connectivity index (χ1) is 5.64. The highest BCUT2D eigenvalue weighted by atomic mass is 16.5. The Bertz CT molecular complexity index is 154. The molecule has 1 heterocycles. The quantitative estimate of drug-likeness (QED) is 0.447. The van der Waals surface area contributed by atoms with Crippen molar-refractivity contribution in [2.75, 3.05) is 13.2 Å². The van der Waals surface area contributed by atoms with Crippen LogP contribution in [-0.4, -0.2) is 54.1 Å². The molecule has 0 saturated carbocycles. The van der Waals surface area contributed by atoms with E-state index in [4.69, 9.17) is 22.8 Å². The van der Waals surface area contributed by atoms with E-state index in [1.165, 1.54) is 0 Å². The SMILES string of the molecule is [B][C@H]1C[C@H](O)[C@](CO)(CCO)O1. The van der Waals surface area contributed by atoms with Gasteiger partial charge in [0.1, 0.15) is 13.4 Å². The molecule has 0 bridgehead atoms. The summed E-state index contributed by atoms with van der Waals surface area (Å²) in [6.45, 7) is -0.452. The third-order valence-electron chi connectivity index (χ3n) is 2.25. The zero-order valence-corrected chi connectivity index (χ0v) is 6.81. The molecule has 0 aromatic heterocycles. The summed E-state index contributed by atoms with van der Waals surface area (Å²) in [5.41, 5.74) is -1.05. The first kappa shape index (κ1) is 9.99. The third-order valence-corrected chi connectivity index (χ3v) is 2.25. The van der Waals surface area contributed by atoms with E-state index >= 15 is 0 Å². The van der Waals surface area contributed by atoms with Crippen molar-refractivity contribution in [1.82, 2.24) is 0 Å². The lowest BCUT2D eigenvalue weighted by Crippen LogP contribution is -2.44. The van der Waals surface area contributed by atoms with Gasteiger partial charge in [-0.25, -0.2) is 0 Å². The summed E-state index contributed by atoms with van der Waals surface area (Å²) < 4.78 is 5.17. The number of aliphatic hydroxyl groups is 3. The average Bonchev–Trinajstić information content (AvgIpc) is 2.28. The molecule has 3 atom stereocenters. The van der Waals surface area contributed by atoms with Crippen molar-refractivity contribution in [2.24, 2.45) is 0 Å². The highest BCUT2D eigenvalue weighted by Crippen LogP contribution is 2.31. The zero-order valence-electron chi connectivity index (χ0n) is 6.81. The predicted octanol–water partition coefficient (Wildman–Crippen LogP) is -1.62. The minimum atomic E-state index is -1.05. The predicted molar refractivity (Wildman–Crippen MR) is 42.8 cm³/mol. The largest absolute Gasteiger partial charge is 0.396 e. The van der Waals surface area contributed by atoms with Gasteiger partial charge >= 0.3 is 0 Å². The van der Waals surface area contributed by atoms with Crippen LogP contribution in [0.1, 0.15) is 12.8 Å². The molecule has 1 rings (SSSR count). The Balaban J connectivity index is 2.65. The molecule has 0 aromatic rings. The van der Waals surface area contributed by atoms with Gasteiger partial charge < -0.3 is 20.1 Å². The lowest BCUT2D eigenvalue weighted by atomic mass is 9.91. The molecule has 68 valence electrons. The Hall–Kier alpha value is -0.0951. The molecule has 3 N–H and O–H groups in total. The fourth-order valence-electron chi connectivity index (χ4n) is 1.50. The van der Waals surface area contributed by atoms with E-state index in [2.05, 4.69) is 0 Å². The molecule has 12 heavy (non-hydrogen) atoms. The van der Waals surface area contributed by atoms with Crippen LogP contribution >= 0.6 is 0 Å². The van der Waals surface area contributed by atoms with Crippen LogP contribution in [-0.2, 0) is 4.74 Å². The number of hydrogen-bond acceptors (Lipinski definition) is 4. The minimum absolute atomic E-state index is 0.135. The normalized spacial score (nSPS) is 41.9. The van der Waals surface area contributed by atoms with E-state index in [1.54, 1.807) is 0 Å². The van der Waals surface area contributed by atoms with Crippen LogP contribution in [0.4, 0.5) is 0 Å². The fraction of sp³-hybridized carbons (Fsp3) is 1.00. The molecule has 1 aliphatic rings. The fourth-order valence-corrected chi connectivity index (χ4v) is 1.50. The lowest BCUT2D eigenvalue weighted by molar-refractivity contribution is -0.108. The molecule has 4 nitrogen and oxygen atoms in total. The summed E-state index contributed by atoms with van der Waals surface area (Å²) in [5, 5.41) is 27.1. The molecule has 1 fully saturated rings. The van der Waals surface area contributed by atoms with E-state index in [1.807, 2.05) is 0 Å². The Morgan fingerprint density at radius 1 is 1.50 bits per heavy atom. The van der Waals surface area contributed by atoms with Crippen LogP contribution in [0.5, 0.6) is 0 Å². The highest BCUT2D eigenvalue weighted by Gasteiger charge is 2.45. The summed E-state index contributed by atoms with van der Waals surface area (Å²) >= 11 is 0. The molecule has 5 heteroatoms. The van der Waals surface area contributed by atoms with Gasteiger partial charge in [-0.05, 0) is 6.42 Å². The molecule has 0 spiro atoms. The summed E-state index contributed by atoms with van der Waals surface area (Å²) in [7, 11) is 5.43. The average molecular weight is 172 g/mol. The summed E-state index contributed by atoms with van der Waals surface area (Å²) in [6.07, 6.45) is -0.275. The van der Waals surface area contributed by atoms with Crippen molar-refractivity contribution in [2.45, 2.75) is 30.5 Å². The summed E-state index contributed by atoms with van der Waals surface area (Å²) in [6, 6.07) is -0.543. The maximum atomic E-state index is 9.46. The number of aliphatic hydroxyl groups excluding tert-OH is 3. The molecular weight excluding hydrogens is 159 g/mol. The van der Waals surface area contributed by atoms with E-state index in [0.717, 1.165) is 0 Å². The van der Waals surface area contributed by atoms with Crippen LogP contribution in [0.2, 0.25) is 0 Å². The molecule has 0 aliphatic carbocycles. The number of rotatable bonds is 3. The molecular formula is C7H13BO4. The van der Waals surface area contributed by atoms with Crippen LogP contribution in [0.3, 0.4) is 0 Å². The van der Waals surface area contributed by atoms with Gasteiger partial charge in [0.15, 0.2) is 0 Å². The van der Waals surface area contributed by atoms with Crippen LogP contribution < -0.4 is 0 Å². The Morgan fingerprint density at radius 3 is 2.50 bits per heavy atom. The van der Waals surface area contributed by atoms with Crippen LogP contribution in [0.15, 0.2) is 0 Å². The maximum Gasteiger partial charge on any atom is 0.118 e. The van der Waals surface area contributed by atoms with Crippen LogP contribution in [0.25, 0.3) is 0 Å². The maximum absolute atomic E-state index is 9.46. The number of ether oxygens (including phenoxy) is 1. The topological polar surface area (TPSA) is 69.9 Å². The Kier molecular flexibility index (Phi) is 3.12. The molecule has 0 unspecified atom stereocenters. The van der Waals surface area contributed by atoms with E-state index < -0.39 is 17.7 Å². The number of hydrogen-bond donors (Lipinski definition) is 3. The minimum Gasteiger partial charge on any atom is -0.396 e. The zero-order chi connectivity index (χ0) is 9.19. The molecule has 1 saturated heterocycles. The van der Waals surface area contributed by atoms with Gasteiger partial charge in [0.05, 0.1) is 12.7 Å². The second kappa shape index (κ2) is 3.74. The molecule has 0 aromatic carbocycles. The van der Waals surface area contributed by atoms with Gasteiger partial charge in [-0.1, -0.05) is 0 Å². The highest BCUT2D eigenvalue weighted by molar-refractivity contribution is 6.11. The van der Waals surface area contributed by atoms with E-state index in [-0.39, 0.29) is 19.6 Å². The third kappa shape index (κ3) is 1.64. The van der Waals surface area contributed by atoms with E-state index in [0.29, 0.717) is 6.42 Å². The summed E-state index contributed by atoms with van der Waals surface area (Å²) in [5.74, 6) is 0. The van der Waals surface area contributed by atoms with Gasteiger partial charge in [-0.3, -0.25) is 0 Å². The van der Waals surface area contributed by atoms with Gasteiger partial charge in [-0.15, -0.1) is 0 Å². The van der Waals surface area contributed by atoms with Crippen molar-refractivity contribution < 1.29 is 20.1 Å². The second-order valence-corrected chi connectivity index (χ2v) is 3.10. The van der Waals surface area contributed by atoms with Crippen molar-refractivity contribution in [3.8, 4) is 0 Å². The lowest BCUT2D eigenvalue weighted by Gasteiger charge is -2.29. The Morgan fingerprint density at radius 2 is 2.17 bits per heavy atom. The van der Waals surface area contributed by atoms with Crippen molar-refractivity contribution in [1.29, 1.82) is 0 Å². The van der Waals surface area contributed by atoms with Gasteiger partial charge in [0.2, 0.25) is 0 Å². The van der Waals surface area contributed by atoms with Crippen molar-refractivity contribution >= 4 is 7.85 Å². The summed E-state index contributed by atoms with van der Waals surface area (Å²) in [4.78, 5) is 0.